The van der Waals surface area contributed by atoms with Crippen LogP contribution in [0.5, 0.6) is 11.6 Å². The number of hydrogen-bond donors (Lipinski definition) is 1. The molecule has 1 atom stereocenters. The van der Waals surface area contributed by atoms with Crippen molar-refractivity contribution in [3.63, 3.8) is 0 Å². The molecule has 0 fully saturated rings. The zero-order valence-electron chi connectivity index (χ0n) is 20.6. The van der Waals surface area contributed by atoms with Gasteiger partial charge in [0.25, 0.3) is 10.0 Å². The number of halogens is 3. The van der Waals surface area contributed by atoms with Gasteiger partial charge in [0, 0.05) is 47.8 Å². The van der Waals surface area contributed by atoms with Crippen molar-refractivity contribution < 1.29 is 31.1 Å². The van der Waals surface area contributed by atoms with Crippen LogP contribution < -0.4 is 14.2 Å². The summed E-state index contributed by atoms with van der Waals surface area (Å²) >= 11 is 0. The van der Waals surface area contributed by atoms with Gasteiger partial charge in [-0.05, 0) is 54.8 Å². The smallest absolute Gasteiger partial charge is 0.416 e. The Bertz CT molecular complexity index is 1580. The first-order chi connectivity index (χ1) is 18.7. The Kier molecular flexibility index (Phi) is 7.13. The summed E-state index contributed by atoms with van der Waals surface area (Å²) in [6, 6.07) is 12.9. The molecule has 1 aliphatic rings. The number of benzene rings is 2. The van der Waals surface area contributed by atoms with Crippen LogP contribution in [-0.2, 0) is 16.2 Å². The number of nitrogens with zero attached hydrogens (tertiary/aromatic N) is 3. The van der Waals surface area contributed by atoms with Crippen molar-refractivity contribution in [2.75, 3.05) is 17.9 Å². The highest BCUT2D eigenvalue weighted by Crippen LogP contribution is 2.44. The average Bonchev–Trinajstić information content (AvgIpc) is 2.92. The summed E-state index contributed by atoms with van der Waals surface area (Å²) in [7, 11) is -4.01. The zero-order valence-corrected chi connectivity index (χ0v) is 21.5. The van der Waals surface area contributed by atoms with Crippen molar-refractivity contribution in [2.45, 2.75) is 30.3 Å². The number of pyridine rings is 1. The molecule has 0 amide bonds. The molecule has 5 rings (SSSR count). The molecule has 12 heteroatoms. The molecule has 0 bridgehead atoms. The maximum absolute atomic E-state index is 13.6. The Morgan fingerprint density at radius 3 is 2.49 bits per heavy atom. The van der Waals surface area contributed by atoms with Crippen molar-refractivity contribution in [2.24, 2.45) is 0 Å². The lowest BCUT2D eigenvalue weighted by Gasteiger charge is -2.29. The Morgan fingerprint density at radius 2 is 1.79 bits per heavy atom. The minimum atomic E-state index is -4.53. The molecular formula is C27H23F3N4O4S. The number of rotatable bonds is 7. The molecule has 4 aromatic rings. The normalized spacial score (nSPS) is 15.2. The maximum atomic E-state index is 13.6. The van der Waals surface area contributed by atoms with Gasteiger partial charge in [-0.3, -0.25) is 0 Å². The SMILES string of the molecule is CCOc1ccc(-c2cc(C(F)(F)F)ccc2[C@H]2CCOc3cc(S(=O)(=O)Nc4ncccn4)ccc32)cn1. The molecule has 0 aliphatic carbocycles. The molecule has 202 valence electrons. The highest BCUT2D eigenvalue weighted by Gasteiger charge is 2.33. The first-order valence-electron chi connectivity index (χ1n) is 12.0. The molecule has 3 heterocycles. The van der Waals surface area contributed by atoms with Gasteiger partial charge in [0.05, 0.1) is 23.7 Å². The number of alkyl halides is 3. The number of aromatic nitrogens is 3. The lowest BCUT2D eigenvalue weighted by Crippen LogP contribution is -2.19. The molecule has 1 N–H and O–H groups in total. The summed E-state index contributed by atoms with van der Waals surface area (Å²) in [5.74, 6) is 0.278. The van der Waals surface area contributed by atoms with Crippen LogP contribution in [-0.4, -0.2) is 36.6 Å². The van der Waals surface area contributed by atoms with Gasteiger partial charge in [0.1, 0.15) is 5.75 Å². The van der Waals surface area contributed by atoms with Crippen LogP contribution >= 0.6 is 0 Å². The van der Waals surface area contributed by atoms with Crippen molar-refractivity contribution in [3.8, 4) is 22.8 Å². The molecular weight excluding hydrogens is 533 g/mol. The molecule has 2 aromatic heterocycles. The minimum Gasteiger partial charge on any atom is -0.493 e. The monoisotopic (exact) mass is 556 g/mol. The zero-order chi connectivity index (χ0) is 27.6. The molecule has 0 spiro atoms. The van der Waals surface area contributed by atoms with Crippen molar-refractivity contribution >= 4 is 16.0 Å². The van der Waals surface area contributed by atoms with Gasteiger partial charge < -0.3 is 9.47 Å². The summed E-state index contributed by atoms with van der Waals surface area (Å²) in [5.41, 5.74) is 1.40. The molecule has 0 radical (unpaired) electrons. The fraction of sp³-hybridized carbons (Fsp3) is 0.222. The molecule has 0 saturated carbocycles. The summed E-state index contributed by atoms with van der Waals surface area (Å²) in [5, 5.41) is 0. The molecule has 0 unspecified atom stereocenters. The van der Waals surface area contributed by atoms with E-state index in [1.165, 1.54) is 36.8 Å². The Labute approximate surface area is 222 Å². The number of hydrogen-bond acceptors (Lipinski definition) is 7. The Hall–Kier alpha value is -4.19. The van der Waals surface area contributed by atoms with E-state index in [9.17, 15) is 21.6 Å². The molecule has 8 nitrogen and oxygen atoms in total. The molecule has 0 saturated heterocycles. The van der Waals surface area contributed by atoms with Crippen molar-refractivity contribution in [1.82, 2.24) is 15.0 Å². The number of ether oxygens (including phenoxy) is 2. The number of nitrogens with one attached hydrogen (secondary N) is 1. The second-order valence-corrected chi connectivity index (χ2v) is 10.4. The predicted octanol–water partition coefficient (Wildman–Crippen LogP) is 5.67. The lowest BCUT2D eigenvalue weighted by atomic mass is 9.82. The van der Waals surface area contributed by atoms with Crippen LogP contribution in [0.15, 0.2) is 78.1 Å². The van der Waals surface area contributed by atoms with Gasteiger partial charge in [0.15, 0.2) is 0 Å². The number of fused-ring (bicyclic) bond motifs is 1. The van der Waals surface area contributed by atoms with E-state index in [-0.39, 0.29) is 23.4 Å². The highest BCUT2D eigenvalue weighted by atomic mass is 32.2. The van der Waals surface area contributed by atoms with E-state index >= 15 is 0 Å². The third-order valence-electron chi connectivity index (χ3n) is 6.22. The van der Waals surface area contributed by atoms with Crippen LogP contribution in [0, 0.1) is 0 Å². The van der Waals surface area contributed by atoms with Gasteiger partial charge in [-0.2, -0.15) is 13.2 Å². The third-order valence-corrected chi connectivity index (χ3v) is 7.55. The Morgan fingerprint density at radius 1 is 1.03 bits per heavy atom. The topological polar surface area (TPSA) is 103 Å². The fourth-order valence-electron chi connectivity index (χ4n) is 4.45. The van der Waals surface area contributed by atoms with Crippen LogP contribution in [0.3, 0.4) is 0 Å². The predicted molar refractivity (Wildman–Crippen MR) is 137 cm³/mol. The van der Waals surface area contributed by atoms with E-state index in [0.29, 0.717) is 46.9 Å². The average molecular weight is 557 g/mol. The summed E-state index contributed by atoms with van der Waals surface area (Å²) < 4.78 is 80.3. The number of anilines is 1. The Balaban J connectivity index is 1.55. The van der Waals surface area contributed by atoms with E-state index < -0.39 is 21.8 Å². The van der Waals surface area contributed by atoms with Crippen LogP contribution in [0.1, 0.15) is 36.0 Å². The minimum absolute atomic E-state index is 0.0577. The highest BCUT2D eigenvalue weighted by molar-refractivity contribution is 7.92. The summed E-state index contributed by atoms with van der Waals surface area (Å²) in [6.07, 6.45) is 0.257. The molecule has 39 heavy (non-hydrogen) atoms. The standard InChI is InChI=1S/C27H23F3N4O4S/c1-2-37-25-9-4-17(16-33-25)23-14-18(27(28,29)30)5-7-20(23)21-10-13-38-24-15-19(6-8-22(21)24)39(35,36)34-26-31-11-3-12-32-26/h3-9,11-12,14-16,21H,2,10,13H2,1H3,(H,31,32,34)/t21-/m1/s1. The number of sulfonamides is 1. The second kappa shape index (κ2) is 10.5. The van der Waals surface area contributed by atoms with Crippen molar-refractivity contribution in [1.29, 1.82) is 0 Å². The van der Waals surface area contributed by atoms with Crippen LogP contribution in [0.2, 0.25) is 0 Å². The van der Waals surface area contributed by atoms with Gasteiger partial charge in [-0.25, -0.2) is 28.1 Å². The first-order valence-corrected chi connectivity index (χ1v) is 13.5. The third kappa shape index (κ3) is 5.65. The molecule has 2 aromatic carbocycles. The van der Waals surface area contributed by atoms with E-state index in [0.717, 1.165) is 12.1 Å². The fourth-order valence-corrected chi connectivity index (χ4v) is 5.42. The lowest BCUT2D eigenvalue weighted by molar-refractivity contribution is -0.137. The van der Waals surface area contributed by atoms with E-state index in [1.807, 2.05) is 6.92 Å². The second-order valence-electron chi connectivity index (χ2n) is 8.69. The quantitative estimate of drug-likeness (QED) is 0.313. The van der Waals surface area contributed by atoms with Gasteiger partial charge in [0.2, 0.25) is 11.8 Å². The first kappa shape index (κ1) is 26.4. The van der Waals surface area contributed by atoms with E-state index in [4.69, 9.17) is 9.47 Å². The van der Waals surface area contributed by atoms with E-state index in [2.05, 4.69) is 19.7 Å². The largest absolute Gasteiger partial charge is 0.493 e. The summed E-state index contributed by atoms with van der Waals surface area (Å²) in [6.45, 7) is 2.47. The van der Waals surface area contributed by atoms with Crippen LogP contribution in [0.25, 0.3) is 11.1 Å². The van der Waals surface area contributed by atoms with Gasteiger partial charge >= 0.3 is 6.18 Å². The van der Waals surface area contributed by atoms with Crippen LogP contribution in [0.4, 0.5) is 19.1 Å². The van der Waals surface area contributed by atoms with Gasteiger partial charge in [-0.1, -0.05) is 12.1 Å². The maximum Gasteiger partial charge on any atom is 0.416 e. The van der Waals surface area contributed by atoms with Gasteiger partial charge in [-0.15, -0.1) is 0 Å². The summed E-state index contributed by atoms with van der Waals surface area (Å²) in [4.78, 5) is 11.9. The molecule has 1 aliphatic heterocycles. The van der Waals surface area contributed by atoms with E-state index in [1.54, 1.807) is 24.3 Å². The van der Waals surface area contributed by atoms with Crippen molar-refractivity contribution in [3.05, 3.63) is 89.9 Å².